The van der Waals surface area contributed by atoms with E-state index < -0.39 is 0 Å². The number of benzene rings is 6. The van der Waals surface area contributed by atoms with E-state index in [4.69, 9.17) is 0 Å². The van der Waals surface area contributed by atoms with Gasteiger partial charge in [0.15, 0.2) is 0 Å². The molecule has 2 nitrogen and oxygen atoms in total. The number of pyridine rings is 1. The Morgan fingerprint density at radius 2 is 1.12 bits per heavy atom. The summed E-state index contributed by atoms with van der Waals surface area (Å²) in [6, 6.07) is 52.3. The third-order valence-electron chi connectivity index (χ3n) is 12.1. The Bertz CT molecular complexity index is 2560. The van der Waals surface area contributed by atoms with Gasteiger partial charge >= 0.3 is 0 Å². The van der Waals surface area contributed by atoms with Crippen LogP contribution in [0, 0.1) is 0 Å². The highest BCUT2D eigenvalue weighted by Gasteiger charge is 2.39. The quantitative estimate of drug-likeness (QED) is 0.178. The number of aromatic nitrogens is 2. The Labute approximate surface area is 306 Å². The van der Waals surface area contributed by atoms with Crippen molar-refractivity contribution in [1.29, 1.82) is 0 Å². The topological polar surface area (TPSA) is 17.8 Å². The molecule has 2 aromatic heterocycles. The second-order valence-electron chi connectivity index (χ2n) is 15.4. The van der Waals surface area contributed by atoms with Gasteiger partial charge in [0.2, 0.25) is 0 Å². The molecule has 0 saturated heterocycles. The summed E-state index contributed by atoms with van der Waals surface area (Å²) in [7, 11) is 0. The lowest BCUT2D eigenvalue weighted by Crippen LogP contribution is -2.16. The Balaban J connectivity index is 1.08. The van der Waals surface area contributed by atoms with E-state index in [0.29, 0.717) is 5.92 Å². The molecule has 10 rings (SSSR count). The number of hydrogen-bond donors (Lipinski definition) is 0. The van der Waals surface area contributed by atoms with Gasteiger partial charge < -0.3 is 4.57 Å². The Hall–Kier alpha value is -5.73. The lowest BCUT2D eigenvalue weighted by molar-refractivity contribution is 0.444. The van der Waals surface area contributed by atoms with Crippen LogP contribution in [0.3, 0.4) is 0 Å². The van der Waals surface area contributed by atoms with Gasteiger partial charge in [-0.25, -0.2) is 0 Å². The molecule has 0 atom stereocenters. The summed E-state index contributed by atoms with van der Waals surface area (Å²) in [5, 5.41) is 2.58. The van der Waals surface area contributed by atoms with E-state index in [-0.39, 0.29) is 5.41 Å². The summed E-state index contributed by atoms with van der Waals surface area (Å²) in [6.45, 7) is 4.88. The molecule has 52 heavy (non-hydrogen) atoms. The van der Waals surface area contributed by atoms with Gasteiger partial charge in [0.25, 0.3) is 0 Å². The predicted octanol–water partition coefficient (Wildman–Crippen LogP) is 13.5. The van der Waals surface area contributed by atoms with Crippen molar-refractivity contribution in [2.75, 3.05) is 0 Å². The van der Waals surface area contributed by atoms with Gasteiger partial charge in [0.1, 0.15) is 0 Å². The molecule has 0 N–H and O–H groups in total. The van der Waals surface area contributed by atoms with Crippen LogP contribution in [-0.2, 0) is 5.41 Å². The van der Waals surface area contributed by atoms with Gasteiger partial charge in [-0.3, -0.25) is 4.98 Å². The monoisotopic (exact) mass is 670 g/mol. The van der Waals surface area contributed by atoms with Crippen molar-refractivity contribution in [2.24, 2.45) is 0 Å². The summed E-state index contributed by atoms with van der Waals surface area (Å²) in [4.78, 5) is 4.21. The van der Waals surface area contributed by atoms with Crippen molar-refractivity contribution in [3.8, 4) is 50.2 Å². The Morgan fingerprint density at radius 3 is 1.83 bits per heavy atom. The first kappa shape index (κ1) is 31.0. The van der Waals surface area contributed by atoms with Crippen molar-refractivity contribution < 1.29 is 0 Å². The maximum atomic E-state index is 4.21. The number of nitrogens with zero attached hydrogens (tertiary/aromatic N) is 2. The summed E-state index contributed by atoms with van der Waals surface area (Å²) in [5.41, 5.74) is 18.5. The molecule has 0 unspecified atom stereocenters. The first-order valence-corrected chi connectivity index (χ1v) is 19.0. The molecule has 0 aliphatic heterocycles. The molecule has 252 valence electrons. The highest BCUT2D eigenvalue weighted by atomic mass is 15.0. The SMILES string of the molecule is CC1(C)c2cc(-c3cccc(-n4c5ccccc5c5ccccc54)c3)ccc2-c2c(C3CCCCC3)cc(-c3ccc(-c4ccncc4)cc3)cc21. The standard InChI is InChI=1S/C50H42N2/c1-50(2)45-31-38(37-13-10-14-40(29-37)52-47-17-8-6-15-41(47)42-16-7-9-18-48(42)52)23-24-43(45)49-44(36-11-4-3-5-12-36)30-39(32-46(49)50)34-21-19-33(20-22-34)35-25-27-51-28-26-35/h6-10,13-32,36H,3-5,11-12H2,1-2H3. The van der Waals surface area contributed by atoms with Crippen molar-refractivity contribution in [1.82, 2.24) is 9.55 Å². The van der Waals surface area contributed by atoms with Crippen LogP contribution >= 0.6 is 0 Å². The van der Waals surface area contributed by atoms with E-state index in [1.807, 2.05) is 12.4 Å². The minimum atomic E-state index is -0.123. The van der Waals surface area contributed by atoms with Crippen LogP contribution < -0.4 is 0 Å². The van der Waals surface area contributed by atoms with Gasteiger partial charge in [0.05, 0.1) is 11.0 Å². The summed E-state index contributed by atoms with van der Waals surface area (Å²) >= 11 is 0. The number of rotatable bonds is 5. The maximum absolute atomic E-state index is 4.21. The average molecular weight is 671 g/mol. The third-order valence-corrected chi connectivity index (χ3v) is 12.1. The van der Waals surface area contributed by atoms with Gasteiger partial charge in [-0.1, -0.05) is 124 Å². The van der Waals surface area contributed by atoms with Crippen LogP contribution in [0.5, 0.6) is 0 Å². The second-order valence-corrected chi connectivity index (χ2v) is 15.4. The molecular formula is C50H42N2. The van der Waals surface area contributed by atoms with E-state index >= 15 is 0 Å². The molecule has 2 heteroatoms. The van der Waals surface area contributed by atoms with Crippen molar-refractivity contribution in [3.05, 3.63) is 169 Å². The first-order valence-electron chi connectivity index (χ1n) is 19.0. The van der Waals surface area contributed by atoms with Gasteiger partial charge in [0, 0.05) is 34.3 Å². The zero-order valence-electron chi connectivity index (χ0n) is 29.9. The van der Waals surface area contributed by atoms with Gasteiger partial charge in [-0.2, -0.15) is 0 Å². The predicted molar refractivity (Wildman–Crippen MR) is 218 cm³/mol. The minimum absolute atomic E-state index is 0.123. The zero-order valence-corrected chi connectivity index (χ0v) is 29.9. The Morgan fingerprint density at radius 1 is 0.519 bits per heavy atom. The van der Waals surface area contributed by atoms with Crippen LogP contribution in [-0.4, -0.2) is 9.55 Å². The van der Waals surface area contributed by atoms with Crippen molar-refractivity contribution in [3.63, 3.8) is 0 Å². The molecule has 2 aliphatic rings. The lowest BCUT2D eigenvalue weighted by Gasteiger charge is -2.27. The van der Waals surface area contributed by atoms with Crippen LogP contribution in [0.25, 0.3) is 72.0 Å². The molecule has 2 aliphatic carbocycles. The molecule has 0 amide bonds. The molecule has 0 radical (unpaired) electrons. The lowest BCUT2D eigenvalue weighted by atomic mass is 9.77. The van der Waals surface area contributed by atoms with Gasteiger partial charge in [-0.05, 0) is 128 Å². The second kappa shape index (κ2) is 12.2. The average Bonchev–Trinajstić information content (AvgIpc) is 3.66. The van der Waals surface area contributed by atoms with Crippen LogP contribution in [0.2, 0.25) is 0 Å². The maximum Gasteiger partial charge on any atom is 0.0541 e. The molecule has 1 saturated carbocycles. The van der Waals surface area contributed by atoms with Crippen molar-refractivity contribution >= 4 is 21.8 Å². The first-order chi connectivity index (χ1) is 25.5. The summed E-state index contributed by atoms with van der Waals surface area (Å²) in [6.07, 6.45) is 10.3. The minimum Gasteiger partial charge on any atom is -0.309 e. The van der Waals surface area contributed by atoms with E-state index in [2.05, 4.69) is 163 Å². The number of para-hydroxylation sites is 2. The van der Waals surface area contributed by atoms with Gasteiger partial charge in [-0.15, -0.1) is 0 Å². The highest BCUT2D eigenvalue weighted by molar-refractivity contribution is 6.09. The largest absolute Gasteiger partial charge is 0.309 e. The normalized spacial score (nSPS) is 15.2. The number of fused-ring (bicyclic) bond motifs is 6. The molecule has 0 spiro atoms. The molecule has 8 aromatic rings. The molecule has 0 bridgehead atoms. The van der Waals surface area contributed by atoms with E-state index in [1.54, 1.807) is 5.56 Å². The van der Waals surface area contributed by atoms with E-state index in [9.17, 15) is 0 Å². The van der Waals surface area contributed by atoms with Crippen molar-refractivity contribution in [2.45, 2.75) is 57.3 Å². The van der Waals surface area contributed by atoms with Crippen LogP contribution in [0.15, 0.2) is 152 Å². The Kier molecular flexibility index (Phi) is 7.28. The fraction of sp³-hybridized carbons (Fsp3) is 0.180. The van der Waals surface area contributed by atoms with Crippen LogP contribution in [0.1, 0.15) is 68.6 Å². The summed E-state index contributed by atoms with van der Waals surface area (Å²) in [5.74, 6) is 0.600. The fourth-order valence-corrected chi connectivity index (χ4v) is 9.39. The fourth-order valence-electron chi connectivity index (χ4n) is 9.39. The van der Waals surface area contributed by atoms with E-state index in [1.165, 1.54) is 115 Å². The molecule has 1 fully saturated rings. The smallest absolute Gasteiger partial charge is 0.0541 e. The van der Waals surface area contributed by atoms with Crippen LogP contribution in [0.4, 0.5) is 0 Å². The summed E-state index contributed by atoms with van der Waals surface area (Å²) < 4.78 is 2.42. The molecule has 6 aromatic carbocycles. The zero-order chi connectivity index (χ0) is 34.8. The van der Waals surface area contributed by atoms with E-state index in [0.717, 1.165) is 0 Å². The highest BCUT2D eigenvalue weighted by Crippen LogP contribution is 2.54. The third kappa shape index (κ3) is 4.96. The molecule has 2 heterocycles. The number of hydrogen-bond acceptors (Lipinski definition) is 1. The molecular weight excluding hydrogens is 629 g/mol.